The van der Waals surface area contributed by atoms with E-state index in [-0.39, 0.29) is 11.6 Å². The van der Waals surface area contributed by atoms with Crippen LogP contribution in [0.1, 0.15) is 27.5 Å². The molecule has 2 aromatic carbocycles. The molecule has 0 aliphatic carbocycles. The second kappa shape index (κ2) is 8.73. The number of nitrogens with one attached hydrogen (secondary N) is 1. The minimum atomic E-state index is -0.462. The van der Waals surface area contributed by atoms with E-state index in [9.17, 15) is 14.9 Å². The van der Waals surface area contributed by atoms with Crippen molar-refractivity contribution < 1.29 is 14.1 Å². The quantitative estimate of drug-likeness (QED) is 0.264. The molecule has 1 N–H and O–H groups in total. The molecular formula is C24H20N4O4. The van der Waals surface area contributed by atoms with Gasteiger partial charge in [0.1, 0.15) is 11.5 Å². The number of hydrogen-bond donors (Lipinski definition) is 1. The highest BCUT2D eigenvalue weighted by molar-refractivity contribution is 5.95. The smallest absolute Gasteiger partial charge is 0.280 e. The predicted molar refractivity (Wildman–Crippen MR) is 121 cm³/mol. The number of aryl methyl sites for hydroxylation is 2. The zero-order valence-corrected chi connectivity index (χ0v) is 17.5. The largest absolute Gasteiger partial charge is 0.455 e. The Labute approximate surface area is 184 Å². The molecule has 8 heteroatoms. The maximum Gasteiger partial charge on any atom is 0.280 e. The van der Waals surface area contributed by atoms with Gasteiger partial charge in [0.05, 0.1) is 16.7 Å². The van der Waals surface area contributed by atoms with E-state index in [1.165, 1.54) is 12.3 Å². The van der Waals surface area contributed by atoms with Crippen molar-refractivity contribution >= 4 is 17.8 Å². The van der Waals surface area contributed by atoms with Crippen LogP contribution in [-0.2, 0) is 0 Å². The SMILES string of the molecule is Cc1ccc(C)n1-c1cccc(C(=O)N/N=C/c2ccc(-c3ccccc3[N+](=O)[O-])o2)c1. The number of carbonyl (C=O) groups is 1. The Morgan fingerprint density at radius 1 is 1.03 bits per heavy atom. The summed E-state index contributed by atoms with van der Waals surface area (Å²) in [7, 11) is 0. The molecule has 1 amide bonds. The number of para-hydroxylation sites is 1. The van der Waals surface area contributed by atoms with Gasteiger partial charge in [-0.15, -0.1) is 0 Å². The van der Waals surface area contributed by atoms with Gasteiger partial charge in [0.2, 0.25) is 0 Å². The molecule has 8 nitrogen and oxygen atoms in total. The molecule has 2 aromatic heterocycles. The summed E-state index contributed by atoms with van der Waals surface area (Å²) in [5.41, 5.74) is 6.30. The van der Waals surface area contributed by atoms with Gasteiger partial charge in [-0.2, -0.15) is 5.10 Å². The number of amides is 1. The van der Waals surface area contributed by atoms with E-state index in [4.69, 9.17) is 4.42 Å². The third kappa shape index (κ3) is 4.20. The van der Waals surface area contributed by atoms with Crippen LogP contribution in [0, 0.1) is 24.0 Å². The standard InChI is InChI=1S/C24H20N4O4/c1-16-10-11-17(2)27(16)19-7-5-6-18(14-19)24(29)26-25-15-20-12-13-23(32-20)21-8-3-4-9-22(21)28(30)31/h3-15H,1-2H3,(H,26,29)/b25-15+. The molecule has 0 aliphatic rings. The first-order valence-corrected chi connectivity index (χ1v) is 9.86. The number of nitro benzene ring substituents is 1. The highest BCUT2D eigenvalue weighted by Crippen LogP contribution is 2.30. The van der Waals surface area contributed by atoms with Gasteiger partial charge in [0.25, 0.3) is 11.6 Å². The van der Waals surface area contributed by atoms with Crippen molar-refractivity contribution in [3.05, 3.63) is 106 Å². The topological polar surface area (TPSA) is 103 Å². The van der Waals surface area contributed by atoms with Crippen LogP contribution in [0.4, 0.5) is 5.69 Å². The van der Waals surface area contributed by atoms with Crippen LogP contribution < -0.4 is 5.43 Å². The maximum atomic E-state index is 12.5. The van der Waals surface area contributed by atoms with E-state index in [0.717, 1.165) is 17.1 Å². The van der Waals surface area contributed by atoms with Gasteiger partial charge in [-0.05, 0) is 62.4 Å². The number of nitro groups is 1. The molecule has 4 aromatic rings. The molecule has 0 bridgehead atoms. The van der Waals surface area contributed by atoms with Crippen LogP contribution in [-0.4, -0.2) is 21.6 Å². The van der Waals surface area contributed by atoms with Crippen molar-refractivity contribution in [1.29, 1.82) is 0 Å². The fourth-order valence-corrected chi connectivity index (χ4v) is 3.49. The molecular weight excluding hydrogens is 408 g/mol. The number of benzene rings is 2. The van der Waals surface area contributed by atoms with E-state index in [0.29, 0.717) is 22.6 Å². The summed E-state index contributed by atoms with van der Waals surface area (Å²) in [6.07, 6.45) is 1.35. The lowest BCUT2D eigenvalue weighted by molar-refractivity contribution is -0.384. The van der Waals surface area contributed by atoms with Gasteiger partial charge in [0.15, 0.2) is 0 Å². The first-order chi connectivity index (χ1) is 15.4. The van der Waals surface area contributed by atoms with Crippen molar-refractivity contribution in [3.8, 4) is 17.0 Å². The Balaban J connectivity index is 1.47. The molecule has 0 spiro atoms. The Bertz CT molecular complexity index is 1310. The van der Waals surface area contributed by atoms with Crippen molar-refractivity contribution in [2.75, 3.05) is 0 Å². The van der Waals surface area contributed by atoms with E-state index in [1.807, 2.05) is 38.1 Å². The minimum Gasteiger partial charge on any atom is -0.455 e. The number of rotatable bonds is 6. The molecule has 0 saturated heterocycles. The van der Waals surface area contributed by atoms with Crippen LogP contribution >= 0.6 is 0 Å². The molecule has 0 radical (unpaired) electrons. The van der Waals surface area contributed by atoms with Gasteiger partial charge >= 0.3 is 0 Å². The van der Waals surface area contributed by atoms with E-state index in [1.54, 1.807) is 42.5 Å². The lowest BCUT2D eigenvalue weighted by atomic mass is 10.1. The van der Waals surface area contributed by atoms with Crippen LogP contribution in [0.2, 0.25) is 0 Å². The Morgan fingerprint density at radius 3 is 2.53 bits per heavy atom. The van der Waals surface area contributed by atoms with Gasteiger partial charge in [-0.3, -0.25) is 14.9 Å². The predicted octanol–water partition coefficient (Wildman–Crippen LogP) is 5.03. The van der Waals surface area contributed by atoms with Gasteiger partial charge in [0, 0.05) is 28.7 Å². The zero-order chi connectivity index (χ0) is 22.7. The summed E-state index contributed by atoms with van der Waals surface area (Å²) >= 11 is 0. The fourth-order valence-electron chi connectivity index (χ4n) is 3.49. The van der Waals surface area contributed by atoms with Crippen LogP contribution in [0.5, 0.6) is 0 Å². The number of carbonyl (C=O) groups excluding carboxylic acids is 1. The average Bonchev–Trinajstić information content (AvgIpc) is 3.40. The van der Waals surface area contributed by atoms with Gasteiger partial charge < -0.3 is 8.98 Å². The first kappa shape index (κ1) is 20.8. The normalized spacial score (nSPS) is 11.1. The summed E-state index contributed by atoms with van der Waals surface area (Å²) in [6, 6.07) is 20.9. The summed E-state index contributed by atoms with van der Waals surface area (Å²) in [4.78, 5) is 23.3. The number of nitrogens with zero attached hydrogens (tertiary/aromatic N) is 3. The van der Waals surface area contributed by atoms with E-state index < -0.39 is 4.92 Å². The third-order valence-electron chi connectivity index (χ3n) is 4.99. The van der Waals surface area contributed by atoms with Crippen molar-refractivity contribution in [1.82, 2.24) is 9.99 Å². The summed E-state index contributed by atoms with van der Waals surface area (Å²) in [5, 5.41) is 15.2. The minimum absolute atomic E-state index is 0.0494. The molecule has 160 valence electrons. The lowest BCUT2D eigenvalue weighted by Crippen LogP contribution is -2.17. The van der Waals surface area contributed by atoms with E-state index in [2.05, 4.69) is 15.1 Å². The molecule has 0 unspecified atom stereocenters. The van der Waals surface area contributed by atoms with Crippen molar-refractivity contribution in [2.45, 2.75) is 13.8 Å². The number of hydrogen-bond acceptors (Lipinski definition) is 5. The average molecular weight is 428 g/mol. The molecule has 32 heavy (non-hydrogen) atoms. The van der Waals surface area contributed by atoms with Crippen LogP contribution in [0.25, 0.3) is 17.0 Å². The second-order valence-corrected chi connectivity index (χ2v) is 7.18. The zero-order valence-electron chi connectivity index (χ0n) is 17.5. The van der Waals surface area contributed by atoms with Gasteiger partial charge in [-0.1, -0.05) is 18.2 Å². The van der Waals surface area contributed by atoms with Crippen molar-refractivity contribution in [3.63, 3.8) is 0 Å². The monoisotopic (exact) mass is 428 g/mol. The number of aromatic nitrogens is 1. The second-order valence-electron chi connectivity index (χ2n) is 7.18. The number of furan rings is 1. The summed E-state index contributed by atoms with van der Waals surface area (Å²) in [6.45, 7) is 4.01. The molecule has 0 fully saturated rings. The summed E-state index contributed by atoms with van der Waals surface area (Å²) < 4.78 is 7.70. The lowest BCUT2D eigenvalue weighted by Gasteiger charge is -2.10. The summed E-state index contributed by atoms with van der Waals surface area (Å²) in [5.74, 6) is 0.331. The highest BCUT2D eigenvalue weighted by Gasteiger charge is 2.17. The van der Waals surface area contributed by atoms with Crippen LogP contribution in [0.3, 0.4) is 0 Å². The van der Waals surface area contributed by atoms with E-state index >= 15 is 0 Å². The highest BCUT2D eigenvalue weighted by atomic mass is 16.6. The molecule has 0 saturated carbocycles. The number of hydrazone groups is 1. The molecule has 0 aliphatic heterocycles. The molecule has 0 atom stereocenters. The van der Waals surface area contributed by atoms with Crippen LogP contribution in [0.15, 0.2) is 82.3 Å². The fraction of sp³-hybridized carbons (Fsp3) is 0.0833. The third-order valence-corrected chi connectivity index (χ3v) is 4.99. The molecule has 4 rings (SSSR count). The van der Waals surface area contributed by atoms with Gasteiger partial charge in [-0.25, -0.2) is 5.43 Å². The van der Waals surface area contributed by atoms with Crippen molar-refractivity contribution in [2.24, 2.45) is 5.10 Å². The Hall–Kier alpha value is -4.46. The maximum absolute atomic E-state index is 12.5. The Morgan fingerprint density at radius 2 is 1.78 bits per heavy atom. The Kier molecular flexibility index (Phi) is 5.67. The molecule has 2 heterocycles. The first-order valence-electron chi connectivity index (χ1n) is 9.86.